The minimum absolute atomic E-state index is 0.0663. The first kappa shape index (κ1) is 30.4. The molecule has 0 saturated carbocycles. The van der Waals surface area contributed by atoms with Crippen LogP contribution in [0.25, 0.3) is 11.0 Å². The van der Waals surface area contributed by atoms with Gasteiger partial charge in [-0.1, -0.05) is 12.0 Å². The molecule has 0 spiro atoms. The predicted molar refractivity (Wildman–Crippen MR) is 130 cm³/mol. The van der Waals surface area contributed by atoms with E-state index in [2.05, 4.69) is 41.5 Å². The van der Waals surface area contributed by atoms with Crippen molar-refractivity contribution in [1.29, 1.82) is 0 Å². The summed E-state index contributed by atoms with van der Waals surface area (Å²) in [5, 5.41) is 0.171. The van der Waals surface area contributed by atoms with Crippen LogP contribution in [0.2, 0.25) is 0 Å². The molecule has 2 aromatic rings. The second-order valence-corrected chi connectivity index (χ2v) is 12.3. The van der Waals surface area contributed by atoms with Gasteiger partial charge in [0.15, 0.2) is 5.65 Å². The van der Waals surface area contributed by atoms with Gasteiger partial charge in [0.2, 0.25) is 5.95 Å². The molecule has 2 aromatic heterocycles. The maximum Gasteiger partial charge on any atom is 0.490 e. The highest BCUT2D eigenvalue weighted by Crippen LogP contribution is 2.67. The summed E-state index contributed by atoms with van der Waals surface area (Å²) in [6, 6.07) is 0. The fourth-order valence-electron chi connectivity index (χ4n) is 3.51. The van der Waals surface area contributed by atoms with E-state index < -0.39 is 54.1 Å². The second kappa shape index (κ2) is 11.9. The highest BCUT2D eigenvalue weighted by Gasteiger charge is 2.44. The quantitative estimate of drug-likeness (QED) is 0.132. The zero-order valence-electron chi connectivity index (χ0n) is 20.0. The minimum Gasteiger partial charge on any atom is -0.371 e. The van der Waals surface area contributed by atoms with Gasteiger partial charge >= 0.3 is 23.5 Å². The first-order chi connectivity index (χ1) is 17.7. The molecule has 3 rings (SSSR count). The molecule has 1 fully saturated rings. The first-order valence-electron chi connectivity index (χ1n) is 10.5. The molecule has 1 aliphatic rings. The molecule has 0 bridgehead atoms. The number of nitrogens with two attached hydrogens (primary N) is 1. The number of rotatable bonds is 12. The fraction of sp³-hybridized carbons (Fsp3) is 0.444. The Morgan fingerprint density at radius 2 is 1.97 bits per heavy atom. The van der Waals surface area contributed by atoms with Gasteiger partial charge < -0.3 is 34.5 Å². The summed E-state index contributed by atoms with van der Waals surface area (Å²) in [7, 11) is -15.3. The maximum atomic E-state index is 12.5. The number of nitrogens with zero attached hydrogens (tertiary/aromatic N) is 2. The van der Waals surface area contributed by atoms with E-state index in [0.29, 0.717) is 12.7 Å². The summed E-state index contributed by atoms with van der Waals surface area (Å²) in [6.45, 7) is 4.51. The second-order valence-electron chi connectivity index (χ2n) is 7.55. The van der Waals surface area contributed by atoms with E-state index in [1.54, 1.807) is 6.92 Å². The van der Waals surface area contributed by atoms with Gasteiger partial charge in [-0.25, -0.2) is 13.7 Å². The van der Waals surface area contributed by atoms with Crippen LogP contribution in [0, 0.1) is 11.8 Å². The molecule has 210 valence electrons. The van der Waals surface area contributed by atoms with Crippen LogP contribution in [0.15, 0.2) is 23.6 Å². The number of ether oxygens (including phenoxy) is 2. The van der Waals surface area contributed by atoms with Crippen molar-refractivity contribution >= 4 is 40.4 Å². The minimum atomic E-state index is -5.58. The van der Waals surface area contributed by atoms with Gasteiger partial charge in [0.05, 0.1) is 30.3 Å². The van der Waals surface area contributed by atoms with Gasteiger partial charge in [-0.2, -0.15) is 13.6 Å². The molecule has 38 heavy (non-hydrogen) atoms. The van der Waals surface area contributed by atoms with E-state index in [9.17, 15) is 28.3 Å². The molecule has 17 nitrogen and oxygen atoms in total. The van der Waals surface area contributed by atoms with Gasteiger partial charge in [0.25, 0.3) is 5.56 Å². The van der Waals surface area contributed by atoms with Crippen molar-refractivity contribution in [3.05, 3.63) is 34.8 Å². The third kappa shape index (κ3) is 7.49. The van der Waals surface area contributed by atoms with E-state index in [1.807, 2.05) is 0 Å². The van der Waals surface area contributed by atoms with Crippen molar-refractivity contribution in [3.8, 4) is 11.8 Å². The molecule has 0 aliphatic carbocycles. The zero-order valence-corrected chi connectivity index (χ0v) is 22.6. The van der Waals surface area contributed by atoms with Gasteiger partial charge in [0, 0.05) is 19.7 Å². The number of nitrogen functional groups attached to an aromatic ring is 1. The summed E-state index contributed by atoms with van der Waals surface area (Å²) in [4.78, 5) is 47.6. The summed E-state index contributed by atoms with van der Waals surface area (Å²) in [6.07, 6.45) is 0.468. The molecule has 20 heteroatoms. The molecule has 6 N–H and O–H groups in total. The zero-order chi connectivity index (χ0) is 28.3. The summed E-state index contributed by atoms with van der Waals surface area (Å²) >= 11 is 0. The number of anilines is 1. The van der Waals surface area contributed by atoms with E-state index in [0.717, 1.165) is 0 Å². The Balaban J connectivity index is 1.83. The number of hydrogen-bond acceptors (Lipinski definition) is 12. The van der Waals surface area contributed by atoms with Crippen molar-refractivity contribution < 1.29 is 55.5 Å². The normalized spacial score (nSPS) is 24.2. The van der Waals surface area contributed by atoms with E-state index >= 15 is 0 Å². The number of aromatic amines is 1. The molecule has 3 heterocycles. The first-order valence-corrected chi connectivity index (χ1v) is 15.0. The highest BCUT2D eigenvalue weighted by atomic mass is 31.3. The third-order valence-electron chi connectivity index (χ3n) is 4.92. The smallest absolute Gasteiger partial charge is 0.371 e. The molecule has 4 unspecified atom stereocenters. The Kier molecular flexibility index (Phi) is 9.54. The maximum absolute atomic E-state index is 12.5. The Bertz CT molecular complexity index is 1460. The van der Waals surface area contributed by atoms with E-state index in [1.165, 1.54) is 16.8 Å². The molecule has 1 saturated heterocycles. The topological polar surface area (TPSA) is 244 Å². The van der Waals surface area contributed by atoms with Crippen molar-refractivity contribution in [3.63, 3.8) is 0 Å². The lowest BCUT2D eigenvalue weighted by molar-refractivity contribution is -0.0550. The SMILES string of the molecule is C=CCOC1C[C@H](n2cc(C#CC)c3c(=O)[nH]c(N)nc32)O[C@@H]1COP(=O)(O)OP(=O)(O)OP(=O)(O)OC. The number of phosphoric acid groups is 3. The Hall–Kier alpha value is -2.15. The van der Waals surface area contributed by atoms with E-state index in [4.69, 9.17) is 24.6 Å². The number of aromatic nitrogens is 3. The summed E-state index contributed by atoms with van der Waals surface area (Å²) < 4.78 is 65.2. The van der Waals surface area contributed by atoms with Crippen molar-refractivity contribution in [2.75, 3.05) is 26.1 Å². The number of phosphoric ester groups is 2. The van der Waals surface area contributed by atoms with Crippen LogP contribution >= 0.6 is 23.5 Å². The van der Waals surface area contributed by atoms with Crippen LogP contribution in [-0.4, -0.2) is 61.7 Å². The van der Waals surface area contributed by atoms with Crippen LogP contribution in [0.3, 0.4) is 0 Å². The number of nitrogens with one attached hydrogen (secondary N) is 1. The third-order valence-corrected chi connectivity index (χ3v) is 9.16. The lowest BCUT2D eigenvalue weighted by Crippen LogP contribution is -2.29. The van der Waals surface area contributed by atoms with Crippen LogP contribution in [0.1, 0.15) is 25.1 Å². The Morgan fingerprint density at radius 1 is 1.29 bits per heavy atom. The molecular weight excluding hydrogens is 573 g/mol. The average Bonchev–Trinajstić information content (AvgIpc) is 3.36. The molecule has 0 amide bonds. The molecule has 6 atom stereocenters. The molecule has 1 aliphatic heterocycles. The number of fused-ring (bicyclic) bond motifs is 1. The van der Waals surface area contributed by atoms with Crippen molar-refractivity contribution in [1.82, 2.24) is 14.5 Å². The summed E-state index contributed by atoms with van der Waals surface area (Å²) in [5.74, 6) is 5.36. The van der Waals surface area contributed by atoms with Gasteiger partial charge in [0.1, 0.15) is 12.3 Å². The predicted octanol–water partition coefficient (Wildman–Crippen LogP) is 1.53. The Labute approximate surface area is 215 Å². The standard InChI is InChI=1S/C18H25N4O13P3/c1-4-6-11-9-22(16-15(11)17(23)21-18(19)20-16)14-8-12(31-7-5-2)13(33-14)10-32-37(26,27)35-38(28,29)34-36(24,25)30-3/h5,9,12-14H,2,7-8,10H2,1,3H3,(H,24,25)(H,26,27)(H,28,29)(H3,19,20,21,23)/t12?,13-,14-/m1/s1. The van der Waals surface area contributed by atoms with Crippen LogP contribution in [-0.2, 0) is 40.8 Å². The van der Waals surface area contributed by atoms with Gasteiger partial charge in [-0.05, 0) is 6.92 Å². The van der Waals surface area contributed by atoms with Crippen molar-refractivity contribution in [2.45, 2.75) is 31.8 Å². The molecule has 0 aromatic carbocycles. The molecular formula is C18H25N4O13P3. The fourth-order valence-corrected chi connectivity index (χ4v) is 6.77. The van der Waals surface area contributed by atoms with Crippen LogP contribution in [0.4, 0.5) is 5.95 Å². The van der Waals surface area contributed by atoms with Crippen LogP contribution in [0.5, 0.6) is 0 Å². The monoisotopic (exact) mass is 598 g/mol. The lowest BCUT2D eigenvalue weighted by Gasteiger charge is -2.21. The van der Waals surface area contributed by atoms with Crippen LogP contribution < -0.4 is 11.3 Å². The number of hydrogen-bond donors (Lipinski definition) is 5. The highest BCUT2D eigenvalue weighted by molar-refractivity contribution is 7.66. The van der Waals surface area contributed by atoms with Gasteiger partial charge in [-0.3, -0.25) is 18.8 Å². The molecule has 0 radical (unpaired) electrons. The lowest BCUT2D eigenvalue weighted by atomic mass is 10.2. The average molecular weight is 598 g/mol. The van der Waals surface area contributed by atoms with Gasteiger partial charge in [-0.15, -0.1) is 12.5 Å². The Morgan fingerprint density at radius 3 is 2.61 bits per heavy atom. The van der Waals surface area contributed by atoms with E-state index in [-0.39, 0.29) is 30.0 Å². The van der Waals surface area contributed by atoms with Crippen molar-refractivity contribution in [2.24, 2.45) is 0 Å². The largest absolute Gasteiger partial charge is 0.490 e. The number of H-pyrrole nitrogens is 1. The summed E-state index contributed by atoms with van der Waals surface area (Å²) in [5.41, 5.74) is 5.71.